The third kappa shape index (κ3) is 2.86. The normalized spacial score (nSPS) is 22.2. The Kier molecular flexibility index (Phi) is 3.82. The van der Waals surface area contributed by atoms with Gasteiger partial charge in [-0.05, 0) is 37.5 Å². The number of amides is 1. The number of hydrogen-bond donors (Lipinski definition) is 2. The number of aromatic amines is 1. The summed E-state index contributed by atoms with van der Waals surface area (Å²) in [5, 5.41) is 2.91. The molecular weight excluding hydrogens is 264 g/mol. The highest BCUT2D eigenvalue weighted by molar-refractivity contribution is 5.79. The summed E-state index contributed by atoms with van der Waals surface area (Å²) in [6.07, 6.45) is 5.13. The average molecular weight is 286 g/mol. The van der Waals surface area contributed by atoms with Gasteiger partial charge < -0.3 is 15.2 Å². The molecule has 0 radical (unpaired) electrons. The molecule has 1 saturated carbocycles. The summed E-state index contributed by atoms with van der Waals surface area (Å²) in [6, 6.07) is 6.57. The molecule has 0 bridgehead atoms. The minimum Gasteiger partial charge on any atom is -0.378 e. The number of aromatic nitrogens is 2. The first-order valence-corrected chi connectivity index (χ1v) is 7.54. The van der Waals surface area contributed by atoms with Crippen molar-refractivity contribution in [1.82, 2.24) is 15.3 Å². The van der Waals surface area contributed by atoms with Crippen LogP contribution in [0.2, 0.25) is 0 Å². The second-order valence-corrected chi connectivity index (χ2v) is 6.06. The zero-order chi connectivity index (χ0) is 14.8. The topological polar surface area (TPSA) is 61.0 Å². The molecule has 1 aliphatic rings. The summed E-state index contributed by atoms with van der Waals surface area (Å²) in [5.74, 6) is 1.46. The number of imidazole rings is 1. The van der Waals surface area contributed by atoms with Gasteiger partial charge in [0.05, 0.1) is 11.0 Å². The van der Waals surface area contributed by atoms with Crippen LogP contribution in [0.5, 0.6) is 0 Å². The van der Waals surface area contributed by atoms with Crippen molar-refractivity contribution < 1.29 is 4.79 Å². The highest BCUT2D eigenvalue weighted by Gasteiger charge is 2.25. The second kappa shape index (κ2) is 5.76. The molecule has 2 unspecified atom stereocenters. The number of rotatable bonds is 4. The summed E-state index contributed by atoms with van der Waals surface area (Å²) >= 11 is 0. The van der Waals surface area contributed by atoms with Crippen LogP contribution in [0.3, 0.4) is 0 Å². The molecule has 2 N–H and O–H groups in total. The smallest absolute Gasteiger partial charge is 0.207 e. The standard InChI is InChI=1S/C16H22N4O/c1-20(2)13-6-7-14-15(9-13)19-16(18-14)11-4-3-5-12(8-11)17-10-21/h6-7,9-12H,3-5,8H2,1-2H3,(H,17,21)(H,18,19). The fourth-order valence-electron chi connectivity index (χ4n) is 3.17. The Balaban J connectivity index is 1.85. The van der Waals surface area contributed by atoms with Crippen LogP contribution < -0.4 is 10.2 Å². The van der Waals surface area contributed by atoms with Crippen molar-refractivity contribution in [3.8, 4) is 0 Å². The summed E-state index contributed by atoms with van der Waals surface area (Å²) in [5.41, 5.74) is 3.27. The molecule has 0 aliphatic heterocycles. The Labute approximate surface area is 124 Å². The zero-order valence-corrected chi connectivity index (χ0v) is 12.6. The fourth-order valence-corrected chi connectivity index (χ4v) is 3.17. The van der Waals surface area contributed by atoms with Gasteiger partial charge in [-0.25, -0.2) is 4.98 Å². The highest BCUT2D eigenvalue weighted by atomic mass is 16.1. The Morgan fingerprint density at radius 1 is 1.38 bits per heavy atom. The van der Waals surface area contributed by atoms with E-state index in [4.69, 9.17) is 4.98 Å². The Morgan fingerprint density at radius 3 is 3.00 bits per heavy atom. The van der Waals surface area contributed by atoms with Gasteiger partial charge in [0, 0.05) is 31.7 Å². The monoisotopic (exact) mass is 286 g/mol. The van der Waals surface area contributed by atoms with E-state index in [0.29, 0.717) is 5.92 Å². The quantitative estimate of drug-likeness (QED) is 0.848. The third-order valence-corrected chi connectivity index (χ3v) is 4.36. The molecule has 2 aromatic rings. The SMILES string of the molecule is CN(C)c1ccc2nc(C3CCCC(NC=O)C3)[nH]c2c1. The molecule has 112 valence electrons. The zero-order valence-electron chi connectivity index (χ0n) is 12.6. The van der Waals surface area contributed by atoms with E-state index in [1.165, 1.54) is 5.69 Å². The fraction of sp³-hybridized carbons (Fsp3) is 0.500. The maximum atomic E-state index is 10.6. The Morgan fingerprint density at radius 2 is 2.24 bits per heavy atom. The summed E-state index contributed by atoms with van der Waals surface area (Å²) in [4.78, 5) is 20.9. The van der Waals surface area contributed by atoms with Crippen LogP contribution in [-0.4, -0.2) is 36.5 Å². The van der Waals surface area contributed by atoms with Gasteiger partial charge in [0.15, 0.2) is 0 Å². The van der Waals surface area contributed by atoms with Crippen LogP contribution in [0.4, 0.5) is 5.69 Å². The summed E-state index contributed by atoms with van der Waals surface area (Å²) < 4.78 is 0. The van der Waals surface area contributed by atoms with E-state index in [-0.39, 0.29) is 6.04 Å². The maximum Gasteiger partial charge on any atom is 0.207 e. The van der Waals surface area contributed by atoms with Crippen molar-refractivity contribution in [2.45, 2.75) is 37.6 Å². The molecule has 0 saturated heterocycles. The van der Waals surface area contributed by atoms with Crippen molar-refractivity contribution in [3.63, 3.8) is 0 Å². The minimum atomic E-state index is 0.284. The number of H-pyrrole nitrogens is 1. The third-order valence-electron chi connectivity index (χ3n) is 4.36. The van der Waals surface area contributed by atoms with E-state index in [2.05, 4.69) is 33.4 Å². The van der Waals surface area contributed by atoms with Gasteiger partial charge >= 0.3 is 0 Å². The van der Waals surface area contributed by atoms with Crippen LogP contribution in [0, 0.1) is 0 Å². The van der Waals surface area contributed by atoms with Gasteiger partial charge in [0.2, 0.25) is 6.41 Å². The predicted octanol–water partition coefficient (Wildman–Crippen LogP) is 2.40. The molecule has 1 heterocycles. The molecule has 1 aromatic heterocycles. The van der Waals surface area contributed by atoms with Crippen LogP contribution in [0.15, 0.2) is 18.2 Å². The Bertz CT molecular complexity index is 634. The lowest BCUT2D eigenvalue weighted by molar-refractivity contribution is -0.110. The number of anilines is 1. The predicted molar refractivity (Wildman–Crippen MR) is 84.6 cm³/mol. The first-order valence-electron chi connectivity index (χ1n) is 7.54. The maximum absolute atomic E-state index is 10.6. The number of benzene rings is 1. The van der Waals surface area contributed by atoms with E-state index >= 15 is 0 Å². The molecule has 1 fully saturated rings. The molecule has 1 amide bonds. The lowest BCUT2D eigenvalue weighted by atomic mass is 9.85. The van der Waals surface area contributed by atoms with Gasteiger partial charge in [-0.2, -0.15) is 0 Å². The van der Waals surface area contributed by atoms with Crippen molar-refractivity contribution in [3.05, 3.63) is 24.0 Å². The van der Waals surface area contributed by atoms with E-state index < -0.39 is 0 Å². The molecule has 5 nitrogen and oxygen atoms in total. The van der Waals surface area contributed by atoms with E-state index in [9.17, 15) is 4.79 Å². The summed E-state index contributed by atoms with van der Waals surface area (Å²) in [7, 11) is 4.07. The minimum absolute atomic E-state index is 0.284. The van der Waals surface area contributed by atoms with Crippen molar-refractivity contribution in [1.29, 1.82) is 0 Å². The van der Waals surface area contributed by atoms with E-state index in [1.807, 2.05) is 14.1 Å². The molecule has 21 heavy (non-hydrogen) atoms. The van der Waals surface area contributed by atoms with Gasteiger partial charge in [0.25, 0.3) is 0 Å². The number of carbonyl (C=O) groups excluding carboxylic acids is 1. The molecule has 0 spiro atoms. The van der Waals surface area contributed by atoms with Gasteiger partial charge in [-0.15, -0.1) is 0 Å². The van der Waals surface area contributed by atoms with Crippen molar-refractivity contribution in [2.75, 3.05) is 19.0 Å². The van der Waals surface area contributed by atoms with Gasteiger partial charge in [-0.1, -0.05) is 6.42 Å². The van der Waals surface area contributed by atoms with Crippen molar-refractivity contribution in [2.24, 2.45) is 0 Å². The van der Waals surface area contributed by atoms with Crippen LogP contribution in [0.25, 0.3) is 11.0 Å². The van der Waals surface area contributed by atoms with Gasteiger partial charge in [-0.3, -0.25) is 4.79 Å². The summed E-state index contributed by atoms with van der Waals surface area (Å²) in [6.45, 7) is 0. The largest absolute Gasteiger partial charge is 0.378 e. The van der Waals surface area contributed by atoms with Crippen molar-refractivity contribution >= 4 is 23.1 Å². The lowest BCUT2D eigenvalue weighted by Gasteiger charge is -2.27. The second-order valence-electron chi connectivity index (χ2n) is 6.06. The first kappa shape index (κ1) is 13.9. The first-order chi connectivity index (χ1) is 10.2. The Hall–Kier alpha value is -2.04. The molecule has 1 aromatic carbocycles. The molecule has 3 rings (SSSR count). The molecule has 5 heteroatoms. The molecular formula is C16H22N4O. The van der Waals surface area contributed by atoms with E-state index in [1.54, 1.807) is 0 Å². The number of nitrogens with zero attached hydrogens (tertiary/aromatic N) is 2. The number of fused-ring (bicyclic) bond motifs is 1. The average Bonchev–Trinajstić information content (AvgIpc) is 2.91. The van der Waals surface area contributed by atoms with Crippen LogP contribution in [0.1, 0.15) is 37.4 Å². The molecule has 2 atom stereocenters. The number of nitrogens with one attached hydrogen (secondary N) is 2. The molecule has 1 aliphatic carbocycles. The highest BCUT2D eigenvalue weighted by Crippen LogP contribution is 2.32. The van der Waals surface area contributed by atoms with Gasteiger partial charge in [0.1, 0.15) is 5.82 Å². The van der Waals surface area contributed by atoms with E-state index in [0.717, 1.165) is 49.0 Å². The van der Waals surface area contributed by atoms with Crippen LogP contribution >= 0.6 is 0 Å². The van der Waals surface area contributed by atoms with Crippen LogP contribution in [-0.2, 0) is 4.79 Å². The number of carbonyl (C=O) groups is 1. The number of hydrogen-bond acceptors (Lipinski definition) is 3. The lowest BCUT2D eigenvalue weighted by Crippen LogP contribution is -2.32.